The first-order valence-electron chi connectivity index (χ1n) is 33.4. The van der Waals surface area contributed by atoms with Crippen LogP contribution in [0.5, 0.6) is 0 Å². The highest BCUT2D eigenvalue weighted by Crippen LogP contribution is 2.18. The number of nitrogens with one attached hydrogen (secondary N) is 1. The summed E-state index contributed by atoms with van der Waals surface area (Å²) in [5, 5.41) is 23.4. The zero-order valence-electron chi connectivity index (χ0n) is 50.3. The van der Waals surface area contributed by atoms with Crippen molar-refractivity contribution in [3.8, 4) is 0 Å². The van der Waals surface area contributed by atoms with E-state index in [-0.39, 0.29) is 18.5 Å². The Kier molecular flexibility index (Phi) is 62.5. The molecule has 0 aliphatic heterocycles. The molecule has 0 aliphatic rings. The summed E-state index contributed by atoms with van der Waals surface area (Å²) in [5.41, 5.74) is 0. The molecule has 0 saturated heterocycles. The molecule has 0 spiro atoms. The van der Waals surface area contributed by atoms with E-state index in [1.54, 1.807) is 0 Å². The predicted molar refractivity (Wildman–Crippen MR) is 329 cm³/mol. The minimum absolute atomic E-state index is 0.00749. The average Bonchev–Trinajstić information content (AvgIpc) is 3.41. The molecule has 75 heavy (non-hydrogen) atoms. The van der Waals surface area contributed by atoms with Crippen LogP contribution in [0.1, 0.15) is 354 Å². The molecule has 0 aromatic carbocycles. The number of rotatable bonds is 62. The van der Waals surface area contributed by atoms with Gasteiger partial charge in [0.2, 0.25) is 5.91 Å². The van der Waals surface area contributed by atoms with E-state index in [0.29, 0.717) is 25.9 Å². The van der Waals surface area contributed by atoms with E-state index >= 15 is 0 Å². The highest BCUT2D eigenvalue weighted by atomic mass is 16.5. The second kappa shape index (κ2) is 64.3. The van der Waals surface area contributed by atoms with Crippen molar-refractivity contribution in [1.82, 2.24) is 5.32 Å². The van der Waals surface area contributed by atoms with Gasteiger partial charge >= 0.3 is 5.97 Å². The molecule has 0 heterocycles. The lowest BCUT2D eigenvalue weighted by Gasteiger charge is -2.22. The molecule has 6 nitrogen and oxygen atoms in total. The quantitative estimate of drug-likeness (QED) is 0.0320. The number of hydrogen-bond acceptors (Lipinski definition) is 5. The largest absolute Gasteiger partial charge is 0.466 e. The number of carbonyl (C=O) groups excluding carboxylic acids is 2. The van der Waals surface area contributed by atoms with Crippen LogP contribution in [-0.2, 0) is 14.3 Å². The Bertz CT molecular complexity index is 1260. The summed E-state index contributed by atoms with van der Waals surface area (Å²) in [4.78, 5) is 24.6. The van der Waals surface area contributed by atoms with Crippen LogP contribution in [0.25, 0.3) is 0 Å². The fraction of sp³-hybridized carbons (Fsp3) is 0.855. The second-order valence-electron chi connectivity index (χ2n) is 22.8. The maximum absolute atomic E-state index is 12.5. The molecule has 0 fully saturated rings. The van der Waals surface area contributed by atoms with Crippen LogP contribution in [0.15, 0.2) is 48.6 Å². The van der Waals surface area contributed by atoms with Gasteiger partial charge < -0.3 is 20.3 Å². The van der Waals surface area contributed by atoms with Gasteiger partial charge in [0.1, 0.15) is 0 Å². The van der Waals surface area contributed by atoms with Crippen molar-refractivity contribution in [3.63, 3.8) is 0 Å². The van der Waals surface area contributed by atoms with E-state index < -0.39 is 12.1 Å². The monoisotopic (exact) mass is 1050 g/mol. The van der Waals surface area contributed by atoms with Crippen molar-refractivity contribution in [2.45, 2.75) is 366 Å². The van der Waals surface area contributed by atoms with Crippen molar-refractivity contribution in [2.75, 3.05) is 13.2 Å². The van der Waals surface area contributed by atoms with Gasteiger partial charge in [-0.1, -0.05) is 306 Å². The second-order valence-corrected chi connectivity index (χ2v) is 22.8. The zero-order valence-corrected chi connectivity index (χ0v) is 50.3. The summed E-state index contributed by atoms with van der Waals surface area (Å²) in [7, 11) is 0. The van der Waals surface area contributed by atoms with Gasteiger partial charge in [0, 0.05) is 12.8 Å². The zero-order chi connectivity index (χ0) is 54.3. The van der Waals surface area contributed by atoms with E-state index in [0.717, 1.165) is 64.2 Å². The molecule has 0 rings (SSSR count). The van der Waals surface area contributed by atoms with Gasteiger partial charge in [-0.25, -0.2) is 0 Å². The lowest BCUT2D eigenvalue weighted by Crippen LogP contribution is -2.45. The van der Waals surface area contributed by atoms with Crippen molar-refractivity contribution in [3.05, 3.63) is 48.6 Å². The topological polar surface area (TPSA) is 95.9 Å². The maximum atomic E-state index is 12.5. The molecule has 1 amide bonds. The standard InChI is InChI=1S/C69H129NO5/c1-3-5-7-9-11-13-15-17-19-20-21-25-28-31-34-37-41-45-49-53-57-61-67(72)66(65-71)70-68(73)62-58-54-50-46-42-38-35-32-29-26-23-22-24-27-30-33-36-40-44-48-52-56-60-64-75-69(74)63-59-55-51-47-43-39-18-16-14-12-10-8-6-4-2/h10,12,16,18,22,24,26,29,66-67,71-72H,3-9,11,13-15,17,19-21,23,25,27-28,30-65H2,1-2H3,(H,70,73)/b12-10-,18-16-,24-22-,29-26-. The van der Waals surface area contributed by atoms with E-state index in [4.69, 9.17) is 4.74 Å². The van der Waals surface area contributed by atoms with Crippen LogP contribution in [0.4, 0.5) is 0 Å². The van der Waals surface area contributed by atoms with Crippen molar-refractivity contribution in [1.29, 1.82) is 0 Å². The van der Waals surface area contributed by atoms with E-state index in [2.05, 4.69) is 67.8 Å². The van der Waals surface area contributed by atoms with Gasteiger partial charge in [-0.2, -0.15) is 0 Å². The maximum Gasteiger partial charge on any atom is 0.305 e. The molecule has 2 atom stereocenters. The molecule has 0 saturated carbocycles. The average molecular weight is 1050 g/mol. The third kappa shape index (κ3) is 60.9. The number of aliphatic hydroxyl groups excluding tert-OH is 2. The number of ether oxygens (including phenoxy) is 1. The van der Waals surface area contributed by atoms with Gasteiger partial charge in [-0.3, -0.25) is 9.59 Å². The number of aliphatic hydroxyl groups is 2. The number of carbonyl (C=O) groups is 2. The minimum atomic E-state index is -0.673. The Hall–Kier alpha value is -2.18. The van der Waals surface area contributed by atoms with Gasteiger partial charge in [0.25, 0.3) is 0 Å². The van der Waals surface area contributed by atoms with Crippen molar-refractivity contribution >= 4 is 11.9 Å². The van der Waals surface area contributed by atoms with Gasteiger partial charge in [0.05, 0.1) is 25.4 Å². The first-order chi connectivity index (χ1) is 37.0. The molecule has 6 heteroatoms. The smallest absolute Gasteiger partial charge is 0.305 e. The highest BCUT2D eigenvalue weighted by Gasteiger charge is 2.20. The number of unbranched alkanes of at least 4 members (excludes halogenated alkanes) is 43. The first-order valence-corrected chi connectivity index (χ1v) is 33.4. The normalized spacial score (nSPS) is 12.9. The summed E-state index contributed by atoms with van der Waals surface area (Å²) >= 11 is 0. The summed E-state index contributed by atoms with van der Waals surface area (Å²) in [6, 6.07) is -0.551. The molecule has 0 aromatic rings. The Morgan fingerprint density at radius 2 is 0.680 bits per heavy atom. The van der Waals surface area contributed by atoms with Crippen LogP contribution >= 0.6 is 0 Å². The van der Waals surface area contributed by atoms with Crippen molar-refractivity contribution < 1.29 is 24.5 Å². The fourth-order valence-corrected chi connectivity index (χ4v) is 10.2. The predicted octanol–water partition coefficient (Wildman–Crippen LogP) is 21.3. The van der Waals surface area contributed by atoms with Crippen LogP contribution in [-0.4, -0.2) is 47.4 Å². The number of allylic oxidation sites excluding steroid dienone is 8. The third-order valence-corrected chi connectivity index (χ3v) is 15.4. The van der Waals surface area contributed by atoms with Gasteiger partial charge in [-0.05, 0) is 83.5 Å². The molecular formula is C69H129NO5. The van der Waals surface area contributed by atoms with Gasteiger partial charge in [0.15, 0.2) is 0 Å². The first kappa shape index (κ1) is 72.8. The third-order valence-electron chi connectivity index (χ3n) is 15.4. The lowest BCUT2D eigenvalue weighted by molar-refractivity contribution is -0.143. The molecule has 0 radical (unpaired) electrons. The number of esters is 1. The van der Waals surface area contributed by atoms with Crippen LogP contribution < -0.4 is 5.32 Å². The van der Waals surface area contributed by atoms with Crippen LogP contribution in [0.3, 0.4) is 0 Å². The Morgan fingerprint density at radius 1 is 0.373 bits per heavy atom. The molecule has 3 N–H and O–H groups in total. The minimum Gasteiger partial charge on any atom is -0.466 e. The fourth-order valence-electron chi connectivity index (χ4n) is 10.2. The molecule has 2 unspecified atom stereocenters. The molecule has 0 aromatic heterocycles. The Labute approximate surface area is 467 Å². The molecule has 0 bridgehead atoms. The summed E-state index contributed by atoms with van der Waals surface area (Å²) in [6.07, 6.45) is 82.8. The van der Waals surface area contributed by atoms with E-state index in [1.165, 1.54) is 257 Å². The SMILES string of the molecule is CCCC/C=C\C/C=C\CCCCCCCC(=O)OCCCCCCCCCCC/C=C\C/C=C\CCCCCCCCCC(=O)NC(CO)C(O)CCCCCCCCCCCCCCCCCCCCCCC. The van der Waals surface area contributed by atoms with E-state index in [1.807, 2.05) is 0 Å². The summed E-state index contributed by atoms with van der Waals surface area (Å²) < 4.78 is 5.47. The molecular weight excluding hydrogens is 923 g/mol. The van der Waals surface area contributed by atoms with Crippen LogP contribution in [0, 0.1) is 0 Å². The lowest BCUT2D eigenvalue weighted by atomic mass is 10.0. The Morgan fingerprint density at radius 3 is 1.05 bits per heavy atom. The number of hydrogen-bond donors (Lipinski definition) is 3. The highest BCUT2D eigenvalue weighted by molar-refractivity contribution is 5.76. The number of amides is 1. The van der Waals surface area contributed by atoms with Gasteiger partial charge in [-0.15, -0.1) is 0 Å². The summed E-state index contributed by atoms with van der Waals surface area (Å²) in [5.74, 6) is -0.0503. The Balaban J connectivity index is 3.46. The molecule has 440 valence electrons. The molecule has 0 aliphatic carbocycles. The van der Waals surface area contributed by atoms with E-state index in [9.17, 15) is 19.8 Å². The van der Waals surface area contributed by atoms with Crippen molar-refractivity contribution in [2.24, 2.45) is 0 Å². The van der Waals surface area contributed by atoms with Crippen LogP contribution in [0.2, 0.25) is 0 Å². The summed E-state index contributed by atoms with van der Waals surface area (Å²) in [6.45, 7) is 4.92.